The van der Waals surface area contributed by atoms with Crippen molar-refractivity contribution in [3.63, 3.8) is 0 Å². The maximum absolute atomic E-state index is 11.8. The van der Waals surface area contributed by atoms with E-state index < -0.39 is 5.91 Å². The van der Waals surface area contributed by atoms with Gasteiger partial charge in [-0.15, -0.1) is 0 Å². The van der Waals surface area contributed by atoms with Crippen LogP contribution in [0.25, 0.3) is 0 Å². The molecule has 6 heteroatoms. The second-order valence-electron chi connectivity index (χ2n) is 6.51. The number of primary amides is 1. The van der Waals surface area contributed by atoms with Crippen LogP contribution >= 0.6 is 0 Å². The predicted molar refractivity (Wildman–Crippen MR) is 101 cm³/mol. The standard InChI is InChI=1S/C19H27N5O/c1-5-15-16(11(2)3)24-19(17(23-15)18(21)25)22-14-8-6-7-13(9-14)12(4)10-20/h6-9,11-12H,5,10,20H2,1-4H3,(H2,21,25)(H,22,24). The van der Waals surface area contributed by atoms with E-state index in [0.29, 0.717) is 18.8 Å². The number of aromatic nitrogens is 2. The van der Waals surface area contributed by atoms with Gasteiger partial charge >= 0.3 is 0 Å². The van der Waals surface area contributed by atoms with Gasteiger partial charge in [0.2, 0.25) is 0 Å². The molecule has 0 bridgehead atoms. The molecular weight excluding hydrogens is 314 g/mol. The van der Waals surface area contributed by atoms with E-state index in [9.17, 15) is 4.79 Å². The van der Waals surface area contributed by atoms with E-state index in [2.05, 4.69) is 36.1 Å². The number of carbonyl (C=O) groups is 1. The molecule has 0 spiro atoms. The third kappa shape index (κ3) is 4.33. The first-order valence-electron chi connectivity index (χ1n) is 8.65. The van der Waals surface area contributed by atoms with E-state index in [-0.39, 0.29) is 17.5 Å². The van der Waals surface area contributed by atoms with Crippen LogP contribution in [0, 0.1) is 0 Å². The van der Waals surface area contributed by atoms with Crippen molar-refractivity contribution in [2.75, 3.05) is 11.9 Å². The highest BCUT2D eigenvalue weighted by atomic mass is 16.1. The molecule has 0 aliphatic carbocycles. The average molecular weight is 341 g/mol. The molecule has 134 valence electrons. The van der Waals surface area contributed by atoms with Gasteiger partial charge < -0.3 is 16.8 Å². The fourth-order valence-electron chi connectivity index (χ4n) is 2.66. The van der Waals surface area contributed by atoms with Gasteiger partial charge in [0.1, 0.15) is 0 Å². The molecule has 1 aromatic carbocycles. The monoisotopic (exact) mass is 341 g/mol. The molecule has 1 heterocycles. The minimum Gasteiger partial charge on any atom is -0.364 e. The lowest BCUT2D eigenvalue weighted by Crippen LogP contribution is -2.19. The molecule has 0 saturated carbocycles. The Balaban J connectivity index is 2.47. The van der Waals surface area contributed by atoms with Gasteiger partial charge in [-0.25, -0.2) is 9.97 Å². The Hall–Kier alpha value is -2.47. The largest absolute Gasteiger partial charge is 0.364 e. The number of nitrogens with two attached hydrogens (primary N) is 2. The zero-order valence-electron chi connectivity index (χ0n) is 15.3. The fraction of sp³-hybridized carbons (Fsp3) is 0.421. The van der Waals surface area contributed by atoms with Crippen molar-refractivity contribution in [1.29, 1.82) is 0 Å². The molecule has 0 aliphatic rings. The lowest BCUT2D eigenvalue weighted by atomic mass is 10.0. The zero-order chi connectivity index (χ0) is 18.6. The Morgan fingerprint density at radius 1 is 1.24 bits per heavy atom. The molecular formula is C19H27N5O. The van der Waals surface area contributed by atoms with E-state index in [1.807, 2.05) is 31.2 Å². The first kappa shape index (κ1) is 18.9. The highest BCUT2D eigenvalue weighted by molar-refractivity contribution is 5.96. The van der Waals surface area contributed by atoms with Crippen molar-refractivity contribution >= 4 is 17.4 Å². The summed E-state index contributed by atoms with van der Waals surface area (Å²) in [7, 11) is 0. The number of nitrogens with zero attached hydrogens (tertiary/aromatic N) is 2. The highest BCUT2D eigenvalue weighted by Gasteiger charge is 2.18. The third-order valence-electron chi connectivity index (χ3n) is 4.19. The molecule has 5 N–H and O–H groups in total. The van der Waals surface area contributed by atoms with Crippen molar-refractivity contribution in [2.24, 2.45) is 11.5 Å². The Kier molecular flexibility index (Phi) is 6.09. The Bertz CT molecular complexity index is 757. The number of carbonyl (C=O) groups excluding carboxylic acids is 1. The van der Waals surface area contributed by atoms with Gasteiger partial charge in [-0.2, -0.15) is 0 Å². The number of aryl methyl sites for hydroxylation is 1. The molecule has 1 aromatic heterocycles. The third-order valence-corrected chi connectivity index (χ3v) is 4.19. The minimum absolute atomic E-state index is 0.165. The number of amides is 1. The van der Waals surface area contributed by atoms with E-state index in [1.54, 1.807) is 0 Å². The van der Waals surface area contributed by atoms with Crippen LogP contribution in [0.4, 0.5) is 11.5 Å². The van der Waals surface area contributed by atoms with Crippen LogP contribution in [-0.4, -0.2) is 22.4 Å². The van der Waals surface area contributed by atoms with Crippen LogP contribution in [0.2, 0.25) is 0 Å². The molecule has 2 aromatic rings. The summed E-state index contributed by atoms with van der Waals surface area (Å²) >= 11 is 0. The average Bonchev–Trinajstić information content (AvgIpc) is 2.60. The summed E-state index contributed by atoms with van der Waals surface area (Å²) in [6, 6.07) is 7.91. The SMILES string of the molecule is CCc1nc(C(N)=O)c(Nc2cccc(C(C)CN)c2)nc1C(C)C. The quantitative estimate of drug-likeness (QED) is 0.717. The number of anilines is 2. The van der Waals surface area contributed by atoms with Gasteiger partial charge in [-0.1, -0.05) is 39.8 Å². The van der Waals surface area contributed by atoms with E-state index in [4.69, 9.17) is 11.5 Å². The number of hydrogen-bond acceptors (Lipinski definition) is 5. The topological polar surface area (TPSA) is 107 Å². The van der Waals surface area contributed by atoms with Gasteiger partial charge in [0.25, 0.3) is 5.91 Å². The maximum Gasteiger partial charge on any atom is 0.271 e. The second kappa shape index (κ2) is 8.07. The molecule has 0 fully saturated rings. The molecule has 1 amide bonds. The van der Waals surface area contributed by atoms with E-state index >= 15 is 0 Å². The van der Waals surface area contributed by atoms with Crippen molar-refractivity contribution in [3.05, 3.63) is 46.9 Å². The second-order valence-corrected chi connectivity index (χ2v) is 6.51. The van der Waals surface area contributed by atoms with Crippen molar-refractivity contribution < 1.29 is 4.79 Å². The Labute approximate surface area is 149 Å². The zero-order valence-corrected chi connectivity index (χ0v) is 15.3. The predicted octanol–water partition coefficient (Wildman–Crippen LogP) is 3.07. The van der Waals surface area contributed by atoms with Crippen LogP contribution in [0.15, 0.2) is 24.3 Å². The molecule has 2 rings (SSSR count). The van der Waals surface area contributed by atoms with Crippen molar-refractivity contribution in [2.45, 2.75) is 46.0 Å². The van der Waals surface area contributed by atoms with Crippen LogP contribution in [-0.2, 0) is 6.42 Å². The van der Waals surface area contributed by atoms with Crippen LogP contribution in [0.1, 0.15) is 67.0 Å². The van der Waals surface area contributed by atoms with Gasteiger partial charge in [0.15, 0.2) is 11.5 Å². The summed E-state index contributed by atoms with van der Waals surface area (Å²) in [6.45, 7) is 8.74. The smallest absolute Gasteiger partial charge is 0.271 e. The summed E-state index contributed by atoms with van der Waals surface area (Å²) in [5, 5.41) is 3.20. The molecule has 1 atom stereocenters. The number of hydrogen-bond donors (Lipinski definition) is 3. The molecule has 1 unspecified atom stereocenters. The maximum atomic E-state index is 11.8. The van der Waals surface area contributed by atoms with Crippen LogP contribution < -0.4 is 16.8 Å². The van der Waals surface area contributed by atoms with Crippen molar-refractivity contribution in [1.82, 2.24) is 9.97 Å². The first-order valence-corrected chi connectivity index (χ1v) is 8.65. The lowest BCUT2D eigenvalue weighted by Gasteiger charge is -2.16. The summed E-state index contributed by atoms with van der Waals surface area (Å²) in [5.41, 5.74) is 15.1. The van der Waals surface area contributed by atoms with Gasteiger partial charge in [0.05, 0.1) is 11.4 Å². The fourth-order valence-corrected chi connectivity index (χ4v) is 2.66. The van der Waals surface area contributed by atoms with Crippen molar-refractivity contribution in [3.8, 4) is 0 Å². The summed E-state index contributed by atoms with van der Waals surface area (Å²) in [5.74, 6) is 0.253. The molecule has 0 radical (unpaired) electrons. The van der Waals surface area contributed by atoms with Gasteiger partial charge in [-0.3, -0.25) is 4.79 Å². The minimum atomic E-state index is -0.591. The molecule has 25 heavy (non-hydrogen) atoms. The summed E-state index contributed by atoms with van der Waals surface area (Å²) in [6.07, 6.45) is 0.699. The Morgan fingerprint density at radius 3 is 2.52 bits per heavy atom. The van der Waals surface area contributed by atoms with Gasteiger partial charge in [-0.05, 0) is 42.5 Å². The van der Waals surface area contributed by atoms with Crippen LogP contribution in [0.3, 0.4) is 0 Å². The van der Waals surface area contributed by atoms with Gasteiger partial charge in [0, 0.05) is 5.69 Å². The normalized spacial score (nSPS) is 12.2. The lowest BCUT2D eigenvalue weighted by molar-refractivity contribution is 0.0996. The molecule has 0 saturated heterocycles. The number of benzene rings is 1. The molecule has 0 aliphatic heterocycles. The number of nitrogens with one attached hydrogen (secondary N) is 1. The number of rotatable bonds is 7. The summed E-state index contributed by atoms with van der Waals surface area (Å²) in [4.78, 5) is 21.0. The summed E-state index contributed by atoms with van der Waals surface area (Å²) < 4.78 is 0. The van der Waals surface area contributed by atoms with Crippen LogP contribution in [0.5, 0.6) is 0 Å². The Morgan fingerprint density at radius 2 is 1.96 bits per heavy atom. The van der Waals surface area contributed by atoms with E-state index in [0.717, 1.165) is 22.6 Å². The van der Waals surface area contributed by atoms with E-state index in [1.165, 1.54) is 0 Å². The highest BCUT2D eigenvalue weighted by Crippen LogP contribution is 2.25. The first-order chi connectivity index (χ1) is 11.9. The molecule has 6 nitrogen and oxygen atoms in total.